The zero-order valence-corrected chi connectivity index (χ0v) is 17.9. The van der Waals surface area contributed by atoms with Crippen LogP contribution in [-0.4, -0.2) is 75.3 Å². The number of benzene rings is 2. The number of nitrogens with zero attached hydrogens (tertiary/aromatic N) is 2. The van der Waals surface area contributed by atoms with Gasteiger partial charge in [0.05, 0.1) is 10.6 Å². The van der Waals surface area contributed by atoms with Gasteiger partial charge in [-0.2, -0.15) is 0 Å². The SMILES string of the molecule is O=C(C1COc2ccccc2O1)N1CCN(CCS(=O)(=O)c2ccc(Cl)cc2)CC1. The van der Waals surface area contributed by atoms with Crippen molar-refractivity contribution in [2.24, 2.45) is 0 Å². The van der Waals surface area contributed by atoms with Gasteiger partial charge in [0.1, 0.15) is 6.61 Å². The molecule has 0 saturated carbocycles. The third kappa shape index (κ3) is 4.71. The number of halogens is 1. The van der Waals surface area contributed by atoms with E-state index in [9.17, 15) is 13.2 Å². The summed E-state index contributed by atoms with van der Waals surface area (Å²) in [5, 5.41) is 0.505. The molecule has 1 atom stereocenters. The van der Waals surface area contributed by atoms with Crippen LogP contribution >= 0.6 is 11.6 Å². The summed E-state index contributed by atoms with van der Waals surface area (Å²) >= 11 is 5.83. The van der Waals surface area contributed by atoms with Gasteiger partial charge in [0.25, 0.3) is 5.91 Å². The first kappa shape index (κ1) is 21.0. The van der Waals surface area contributed by atoms with Crippen molar-refractivity contribution >= 4 is 27.3 Å². The van der Waals surface area contributed by atoms with Gasteiger partial charge in [0.2, 0.25) is 6.10 Å². The second kappa shape index (κ2) is 8.83. The lowest BCUT2D eigenvalue weighted by Gasteiger charge is -2.37. The summed E-state index contributed by atoms with van der Waals surface area (Å²) in [6.07, 6.45) is -0.656. The Hall–Kier alpha value is -2.29. The molecule has 160 valence electrons. The molecule has 0 aromatic heterocycles. The van der Waals surface area contributed by atoms with E-state index in [0.717, 1.165) is 0 Å². The monoisotopic (exact) mass is 450 g/mol. The van der Waals surface area contributed by atoms with Crippen molar-refractivity contribution in [2.45, 2.75) is 11.0 Å². The molecule has 2 aromatic carbocycles. The van der Waals surface area contributed by atoms with E-state index in [2.05, 4.69) is 4.90 Å². The maximum absolute atomic E-state index is 12.8. The first-order valence-corrected chi connectivity index (χ1v) is 11.8. The predicted octanol–water partition coefficient (Wildman–Crippen LogP) is 2.10. The molecular formula is C21H23ClN2O5S. The fraction of sp³-hybridized carbons (Fsp3) is 0.381. The zero-order valence-electron chi connectivity index (χ0n) is 16.4. The minimum absolute atomic E-state index is 0.0267. The van der Waals surface area contributed by atoms with Crippen LogP contribution in [0.1, 0.15) is 0 Å². The molecule has 0 radical (unpaired) electrons. The van der Waals surface area contributed by atoms with Gasteiger partial charge in [0, 0.05) is 37.7 Å². The highest BCUT2D eigenvalue weighted by Crippen LogP contribution is 2.31. The average molecular weight is 451 g/mol. The van der Waals surface area contributed by atoms with E-state index >= 15 is 0 Å². The van der Waals surface area contributed by atoms with Gasteiger partial charge in [-0.25, -0.2) is 8.42 Å². The van der Waals surface area contributed by atoms with Crippen molar-refractivity contribution in [3.8, 4) is 11.5 Å². The van der Waals surface area contributed by atoms with Crippen molar-refractivity contribution in [3.05, 3.63) is 53.6 Å². The van der Waals surface area contributed by atoms with Crippen LogP contribution in [0.25, 0.3) is 0 Å². The molecule has 2 aromatic rings. The van der Waals surface area contributed by atoms with Crippen LogP contribution in [0.15, 0.2) is 53.4 Å². The average Bonchev–Trinajstić information content (AvgIpc) is 2.77. The van der Waals surface area contributed by atoms with Crippen LogP contribution in [0, 0.1) is 0 Å². The van der Waals surface area contributed by atoms with Gasteiger partial charge >= 0.3 is 0 Å². The molecule has 1 unspecified atom stereocenters. The number of piperazine rings is 1. The number of hydrogen-bond acceptors (Lipinski definition) is 6. The summed E-state index contributed by atoms with van der Waals surface area (Å²) in [6.45, 7) is 2.90. The Morgan fingerprint density at radius 3 is 2.37 bits per heavy atom. The highest BCUT2D eigenvalue weighted by molar-refractivity contribution is 7.91. The van der Waals surface area contributed by atoms with Crippen molar-refractivity contribution in [1.82, 2.24) is 9.80 Å². The molecule has 4 rings (SSSR count). The number of carbonyl (C=O) groups excluding carboxylic acids is 1. The number of para-hydroxylation sites is 2. The summed E-state index contributed by atoms with van der Waals surface area (Å²) < 4.78 is 36.4. The number of fused-ring (bicyclic) bond motifs is 1. The van der Waals surface area contributed by atoms with Crippen molar-refractivity contribution in [2.75, 3.05) is 45.1 Å². The molecule has 0 spiro atoms. The minimum atomic E-state index is -3.37. The van der Waals surface area contributed by atoms with Gasteiger partial charge in [-0.3, -0.25) is 9.69 Å². The molecule has 7 nitrogen and oxygen atoms in total. The third-order valence-electron chi connectivity index (χ3n) is 5.32. The lowest BCUT2D eigenvalue weighted by Crippen LogP contribution is -2.54. The van der Waals surface area contributed by atoms with Crippen LogP contribution in [0.2, 0.25) is 5.02 Å². The molecule has 9 heteroatoms. The fourth-order valence-electron chi connectivity index (χ4n) is 3.55. The Kier molecular flexibility index (Phi) is 6.17. The number of amides is 1. The van der Waals surface area contributed by atoms with Gasteiger partial charge in [-0.1, -0.05) is 23.7 Å². The Balaban J connectivity index is 1.27. The topological polar surface area (TPSA) is 76.2 Å². The second-order valence-electron chi connectivity index (χ2n) is 7.30. The van der Waals surface area contributed by atoms with Gasteiger partial charge in [-0.05, 0) is 36.4 Å². The molecule has 0 bridgehead atoms. The van der Waals surface area contributed by atoms with E-state index in [1.165, 1.54) is 12.1 Å². The Labute approximate surface area is 181 Å². The van der Waals surface area contributed by atoms with Gasteiger partial charge < -0.3 is 14.4 Å². The van der Waals surface area contributed by atoms with Crippen LogP contribution in [0.5, 0.6) is 11.5 Å². The fourth-order valence-corrected chi connectivity index (χ4v) is 4.96. The summed E-state index contributed by atoms with van der Waals surface area (Å²) in [4.78, 5) is 16.9. The van der Waals surface area contributed by atoms with Crippen LogP contribution in [0.4, 0.5) is 0 Å². The summed E-state index contributed by atoms with van der Waals surface area (Å²) in [7, 11) is -3.37. The highest BCUT2D eigenvalue weighted by Gasteiger charge is 2.32. The van der Waals surface area contributed by atoms with E-state index in [4.69, 9.17) is 21.1 Å². The maximum Gasteiger partial charge on any atom is 0.267 e. The molecule has 2 aliphatic rings. The molecule has 1 amide bonds. The van der Waals surface area contributed by atoms with E-state index < -0.39 is 15.9 Å². The quantitative estimate of drug-likeness (QED) is 0.694. The van der Waals surface area contributed by atoms with Gasteiger partial charge in [0.15, 0.2) is 21.3 Å². The molecule has 1 fully saturated rings. The molecule has 1 saturated heterocycles. The normalized spacial score (nSPS) is 19.5. The maximum atomic E-state index is 12.8. The summed E-state index contributed by atoms with van der Waals surface area (Å²) in [5.74, 6) is 1.15. The number of hydrogen-bond donors (Lipinski definition) is 0. The first-order valence-electron chi connectivity index (χ1n) is 9.80. The number of sulfone groups is 1. The molecule has 2 aliphatic heterocycles. The Bertz CT molecular complexity index is 1000. The molecule has 2 heterocycles. The van der Waals surface area contributed by atoms with E-state index in [1.807, 2.05) is 18.2 Å². The van der Waals surface area contributed by atoms with Crippen molar-refractivity contribution in [3.63, 3.8) is 0 Å². The van der Waals surface area contributed by atoms with E-state index in [1.54, 1.807) is 23.1 Å². The minimum Gasteiger partial charge on any atom is -0.485 e. The van der Waals surface area contributed by atoms with E-state index in [0.29, 0.717) is 49.2 Å². The van der Waals surface area contributed by atoms with Crippen LogP contribution in [0.3, 0.4) is 0 Å². The smallest absolute Gasteiger partial charge is 0.267 e. The van der Waals surface area contributed by atoms with Crippen LogP contribution < -0.4 is 9.47 Å². The number of ether oxygens (including phenoxy) is 2. The van der Waals surface area contributed by atoms with Crippen molar-refractivity contribution in [1.29, 1.82) is 0 Å². The standard InChI is InChI=1S/C21H23ClN2O5S/c22-16-5-7-17(8-6-16)30(26,27)14-13-23-9-11-24(12-10-23)21(25)20-15-28-18-3-1-2-4-19(18)29-20/h1-8,20H,9-15H2. The highest BCUT2D eigenvalue weighted by atomic mass is 35.5. The van der Waals surface area contributed by atoms with E-state index in [-0.39, 0.29) is 23.2 Å². The predicted molar refractivity (Wildman–Crippen MR) is 113 cm³/mol. The molecular weight excluding hydrogens is 428 g/mol. The molecule has 30 heavy (non-hydrogen) atoms. The Morgan fingerprint density at radius 2 is 1.67 bits per heavy atom. The Morgan fingerprint density at radius 1 is 1.00 bits per heavy atom. The lowest BCUT2D eigenvalue weighted by molar-refractivity contribution is -0.142. The summed E-state index contributed by atoms with van der Waals surface area (Å²) in [6, 6.07) is 13.5. The zero-order chi connectivity index (χ0) is 21.1. The number of carbonyl (C=O) groups is 1. The summed E-state index contributed by atoms with van der Waals surface area (Å²) in [5.41, 5.74) is 0. The second-order valence-corrected chi connectivity index (χ2v) is 9.85. The van der Waals surface area contributed by atoms with Gasteiger partial charge in [-0.15, -0.1) is 0 Å². The van der Waals surface area contributed by atoms with Crippen molar-refractivity contribution < 1.29 is 22.7 Å². The lowest BCUT2D eigenvalue weighted by atomic mass is 10.2. The first-order chi connectivity index (χ1) is 14.4. The number of rotatable bonds is 5. The largest absolute Gasteiger partial charge is 0.485 e. The van der Waals surface area contributed by atoms with Crippen LogP contribution in [-0.2, 0) is 14.6 Å². The third-order valence-corrected chi connectivity index (χ3v) is 7.28. The molecule has 0 aliphatic carbocycles. The molecule has 0 N–H and O–H groups in total.